The number of nitrogens with one attached hydrogen (secondary N) is 2. The molecule has 1 fully saturated rings. The van der Waals surface area contributed by atoms with Crippen LogP contribution in [0.1, 0.15) is 27.8 Å². The molecule has 2 aromatic rings. The van der Waals surface area contributed by atoms with Crippen LogP contribution in [-0.4, -0.2) is 61.4 Å². The summed E-state index contributed by atoms with van der Waals surface area (Å²) in [5.41, 5.74) is 2.67. The molecule has 0 spiro atoms. The van der Waals surface area contributed by atoms with Gasteiger partial charge in [0.2, 0.25) is 0 Å². The highest BCUT2D eigenvalue weighted by atomic mass is 16.2. The zero-order valence-electron chi connectivity index (χ0n) is 15.8. The second-order valence-electron chi connectivity index (χ2n) is 6.04. The van der Waals surface area contributed by atoms with Crippen LogP contribution >= 0.6 is 0 Å². The molecule has 28 heavy (non-hydrogen) atoms. The van der Waals surface area contributed by atoms with Gasteiger partial charge in [-0.15, -0.1) is 6.58 Å². The maximum Gasteiger partial charge on any atom is 0.318 e. The SMILES string of the molecule is C=CCO.C=O.Cn1cc(NC(=O)c2nn(C)c3c2C2CN(C3)C(=O)N2)cn1. The van der Waals surface area contributed by atoms with Crippen molar-refractivity contribution in [2.45, 2.75) is 12.6 Å². The van der Waals surface area contributed by atoms with E-state index in [1.54, 1.807) is 40.8 Å². The van der Waals surface area contributed by atoms with Crippen LogP contribution in [0.3, 0.4) is 0 Å². The average molecular weight is 389 g/mol. The molecular weight excluding hydrogens is 366 g/mol. The van der Waals surface area contributed by atoms with Gasteiger partial charge in [0.25, 0.3) is 5.91 Å². The quantitative estimate of drug-likeness (QED) is 0.631. The number of nitrogens with zero attached hydrogens (tertiary/aromatic N) is 5. The number of urea groups is 1. The van der Waals surface area contributed by atoms with Crippen molar-refractivity contribution in [3.63, 3.8) is 0 Å². The Morgan fingerprint density at radius 3 is 2.71 bits per heavy atom. The molecule has 2 bridgehead atoms. The molecule has 0 radical (unpaired) electrons. The maximum absolute atomic E-state index is 12.5. The molecule has 1 unspecified atom stereocenters. The van der Waals surface area contributed by atoms with Crippen molar-refractivity contribution in [1.82, 2.24) is 29.8 Å². The van der Waals surface area contributed by atoms with Gasteiger partial charge in [0, 0.05) is 32.4 Å². The number of carbonyl (C=O) groups excluding carboxylic acids is 3. The molecule has 4 heterocycles. The lowest BCUT2D eigenvalue weighted by Crippen LogP contribution is -2.29. The lowest BCUT2D eigenvalue weighted by atomic mass is 10.0. The third kappa shape index (κ3) is 4.09. The Bertz CT molecular complexity index is 873. The summed E-state index contributed by atoms with van der Waals surface area (Å²) in [6.45, 7) is 6.36. The van der Waals surface area contributed by atoms with E-state index < -0.39 is 0 Å². The molecule has 11 nitrogen and oxygen atoms in total. The molecule has 2 aliphatic heterocycles. The van der Waals surface area contributed by atoms with Crippen molar-refractivity contribution in [3.05, 3.63) is 42.0 Å². The largest absolute Gasteiger partial charge is 0.392 e. The number of aryl methyl sites for hydroxylation is 2. The van der Waals surface area contributed by atoms with E-state index in [1.165, 1.54) is 6.08 Å². The fourth-order valence-electron chi connectivity index (χ4n) is 3.04. The highest BCUT2D eigenvalue weighted by Gasteiger charge is 2.41. The number of aliphatic hydroxyl groups excluding tert-OH is 1. The molecule has 4 rings (SSSR count). The van der Waals surface area contributed by atoms with E-state index in [0.29, 0.717) is 24.5 Å². The Morgan fingerprint density at radius 1 is 1.46 bits per heavy atom. The minimum absolute atomic E-state index is 0.0833. The zero-order chi connectivity index (χ0) is 20.8. The second-order valence-corrected chi connectivity index (χ2v) is 6.04. The van der Waals surface area contributed by atoms with Crippen molar-refractivity contribution in [3.8, 4) is 0 Å². The molecule has 0 aliphatic carbocycles. The maximum atomic E-state index is 12.5. The minimum Gasteiger partial charge on any atom is -0.392 e. The summed E-state index contributed by atoms with van der Waals surface area (Å²) in [7, 11) is 3.57. The van der Waals surface area contributed by atoms with E-state index in [4.69, 9.17) is 9.90 Å². The molecular formula is C17H23N7O4. The number of aliphatic hydroxyl groups is 1. The first-order chi connectivity index (χ1) is 13.4. The van der Waals surface area contributed by atoms with Gasteiger partial charge < -0.3 is 25.4 Å². The highest BCUT2D eigenvalue weighted by Crippen LogP contribution is 2.33. The van der Waals surface area contributed by atoms with Crippen molar-refractivity contribution < 1.29 is 19.5 Å². The number of carbonyl (C=O) groups is 3. The Hall–Kier alpha value is -3.47. The van der Waals surface area contributed by atoms with Gasteiger partial charge in [0.15, 0.2) is 5.69 Å². The van der Waals surface area contributed by atoms with Gasteiger partial charge in [-0.05, 0) is 0 Å². The lowest BCUT2D eigenvalue weighted by Gasteiger charge is -2.21. The Labute approximate surface area is 161 Å². The van der Waals surface area contributed by atoms with Crippen LogP contribution in [0.15, 0.2) is 25.0 Å². The van der Waals surface area contributed by atoms with Crippen LogP contribution in [0.5, 0.6) is 0 Å². The first kappa shape index (κ1) is 20.8. The average Bonchev–Trinajstić information content (AvgIpc) is 3.35. The van der Waals surface area contributed by atoms with E-state index >= 15 is 0 Å². The van der Waals surface area contributed by atoms with E-state index in [-0.39, 0.29) is 24.6 Å². The van der Waals surface area contributed by atoms with Gasteiger partial charge in [-0.25, -0.2) is 4.79 Å². The highest BCUT2D eigenvalue weighted by molar-refractivity contribution is 6.04. The van der Waals surface area contributed by atoms with Crippen LogP contribution in [-0.2, 0) is 25.4 Å². The fraction of sp³-hybridized carbons (Fsp3) is 0.353. The molecule has 2 aliphatic rings. The molecule has 3 N–H and O–H groups in total. The Morgan fingerprint density at radius 2 is 2.14 bits per heavy atom. The summed E-state index contributed by atoms with van der Waals surface area (Å²) in [4.78, 5) is 34.0. The van der Waals surface area contributed by atoms with Crippen LogP contribution in [0.2, 0.25) is 0 Å². The van der Waals surface area contributed by atoms with Gasteiger partial charge in [0.05, 0.1) is 36.8 Å². The fourth-order valence-corrected chi connectivity index (χ4v) is 3.04. The molecule has 2 aromatic heterocycles. The number of anilines is 1. The normalized spacial score (nSPS) is 16.0. The zero-order valence-corrected chi connectivity index (χ0v) is 15.8. The van der Waals surface area contributed by atoms with Crippen molar-refractivity contribution >= 4 is 24.4 Å². The summed E-state index contributed by atoms with van der Waals surface area (Å²) >= 11 is 0. The van der Waals surface area contributed by atoms with Crippen LogP contribution in [0.25, 0.3) is 0 Å². The van der Waals surface area contributed by atoms with Gasteiger partial charge in [-0.1, -0.05) is 6.08 Å². The summed E-state index contributed by atoms with van der Waals surface area (Å²) in [5.74, 6) is -0.292. The van der Waals surface area contributed by atoms with E-state index in [0.717, 1.165) is 11.3 Å². The third-order valence-corrected chi connectivity index (χ3v) is 4.19. The van der Waals surface area contributed by atoms with Gasteiger partial charge >= 0.3 is 6.03 Å². The lowest BCUT2D eigenvalue weighted by molar-refractivity contribution is -0.0980. The van der Waals surface area contributed by atoms with E-state index in [1.807, 2.05) is 6.79 Å². The smallest absolute Gasteiger partial charge is 0.318 e. The van der Waals surface area contributed by atoms with Crippen molar-refractivity contribution in [2.24, 2.45) is 14.1 Å². The topological polar surface area (TPSA) is 134 Å². The number of hydrogen-bond acceptors (Lipinski definition) is 6. The number of fused-ring (bicyclic) bond motifs is 4. The first-order valence-electron chi connectivity index (χ1n) is 8.36. The predicted octanol–water partition coefficient (Wildman–Crippen LogP) is -0.0344. The molecule has 3 amide bonds. The minimum atomic E-state index is -0.292. The summed E-state index contributed by atoms with van der Waals surface area (Å²) in [6.07, 6.45) is 4.72. The first-order valence-corrected chi connectivity index (χ1v) is 8.36. The third-order valence-electron chi connectivity index (χ3n) is 4.19. The molecule has 1 atom stereocenters. The molecule has 0 aromatic carbocycles. The van der Waals surface area contributed by atoms with Crippen molar-refractivity contribution in [1.29, 1.82) is 0 Å². The number of amides is 3. The predicted molar refractivity (Wildman–Crippen MR) is 100 cm³/mol. The molecule has 0 saturated carbocycles. The van der Waals surface area contributed by atoms with Gasteiger partial charge in [0.1, 0.15) is 6.79 Å². The van der Waals surface area contributed by atoms with Crippen LogP contribution < -0.4 is 10.6 Å². The summed E-state index contributed by atoms with van der Waals surface area (Å²) in [5, 5.41) is 21.8. The monoisotopic (exact) mass is 389 g/mol. The number of hydrogen-bond donors (Lipinski definition) is 3. The van der Waals surface area contributed by atoms with Gasteiger partial charge in [-0.3, -0.25) is 14.2 Å². The van der Waals surface area contributed by atoms with Crippen molar-refractivity contribution in [2.75, 3.05) is 18.5 Å². The Kier molecular flexibility index (Phi) is 6.66. The van der Waals surface area contributed by atoms with E-state index in [2.05, 4.69) is 27.4 Å². The van der Waals surface area contributed by atoms with E-state index in [9.17, 15) is 9.59 Å². The summed E-state index contributed by atoms with van der Waals surface area (Å²) in [6, 6.07) is -0.278. The molecule has 150 valence electrons. The molecule has 1 saturated heterocycles. The standard InChI is InChI=1S/C13H15N7O2.C3H6O.CH2O/c1-18-4-7(3-14-18)15-12(21)11-10-8-5-20(13(22)16-8)6-9(10)19(2)17-11;1-2-3-4;1-2/h3-4,8H,5-6H2,1-2H3,(H,15,21)(H,16,22);2,4H,1,3H2;1H2. The number of rotatable bonds is 3. The molecule has 11 heteroatoms. The van der Waals surface area contributed by atoms with Gasteiger partial charge in [-0.2, -0.15) is 10.2 Å². The Balaban J connectivity index is 0.000000419. The number of aromatic nitrogens is 4. The summed E-state index contributed by atoms with van der Waals surface area (Å²) < 4.78 is 3.28. The van der Waals surface area contributed by atoms with Crippen LogP contribution in [0, 0.1) is 0 Å². The second kappa shape index (κ2) is 8.95. The van der Waals surface area contributed by atoms with Crippen LogP contribution in [0.4, 0.5) is 10.5 Å².